The number of nitrogens with two attached hydrogens (primary N) is 1. The van der Waals surface area contributed by atoms with Crippen LogP contribution in [0, 0.1) is 6.92 Å². The fourth-order valence-corrected chi connectivity index (χ4v) is 2.51. The quantitative estimate of drug-likeness (QED) is 0.782. The van der Waals surface area contributed by atoms with Crippen LogP contribution in [0.25, 0.3) is 0 Å². The van der Waals surface area contributed by atoms with Crippen molar-refractivity contribution in [2.45, 2.75) is 18.0 Å². The zero-order valence-corrected chi connectivity index (χ0v) is 11.0. The van der Waals surface area contributed by atoms with E-state index in [1.54, 1.807) is 0 Å². The highest BCUT2D eigenvalue weighted by atomic mass is 32.2. The summed E-state index contributed by atoms with van der Waals surface area (Å²) < 4.78 is 61.5. The van der Waals surface area contributed by atoms with E-state index in [-0.39, 0.29) is 0 Å². The van der Waals surface area contributed by atoms with Crippen LogP contribution in [0.2, 0.25) is 0 Å². The maximum atomic E-state index is 12.7. The fourth-order valence-electron chi connectivity index (χ4n) is 1.44. The van der Waals surface area contributed by atoms with Gasteiger partial charge in [0.05, 0.1) is 10.5 Å². The number of sulfonamides is 1. The van der Waals surface area contributed by atoms with Crippen LogP contribution in [0.3, 0.4) is 0 Å². The molecule has 0 aromatic heterocycles. The van der Waals surface area contributed by atoms with Gasteiger partial charge in [-0.25, -0.2) is 8.42 Å². The lowest BCUT2D eigenvalue weighted by Gasteiger charge is -2.14. The van der Waals surface area contributed by atoms with E-state index in [0.29, 0.717) is 0 Å². The van der Waals surface area contributed by atoms with Gasteiger partial charge in [-0.2, -0.15) is 13.2 Å². The Morgan fingerprint density at radius 1 is 1.40 bits per heavy atom. The molecule has 0 bridgehead atoms. The molecule has 0 saturated heterocycles. The number of carbonyl (C=O) groups is 1. The van der Waals surface area contributed by atoms with Gasteiger partial charge in [0.15, 0.2) is 0 Å². The number of hydrogen-bond donors (Lipinski definition) is 2. The molecule has 0 spiro atoms. The third-order valence-electron chi connectivity index (χ3n) is 2.26. The first-order valence-electron chi connectivity index (χ1n) is 5.14. The summed E-state index contributed by atoms with van der Waals surface area (Å²) in [7, 11) is -4.35. The SMILES string of the molecule is Cc1c(C(F)(F)F)cccc1S(=O)(=O)NOCC(N)=O. The molecular formula is C10H11F3N2O4S. The number of halogens is 3. The molecule has 3 N–H and O–H groups in total. The van der Waals surface area contributed by atoms with Gasteiger partial charge < -0.3 is 5.73 Å². The molecule has 0 unspecified atom stereocenters. The number of nitrogens with one attached hydrogen (secondary N) is 1. The number of alkyl halides is 3. The summed E-state index contributed by atoms with van der Waals surface area (Å²) in [4.78, 5) is 15.6. The number of rotatable bonds is 5. The summed E-state index contributed by atoms with van der Waals surface area (Å²) in [5, 5.41) is 0. The van der Waals surface area contributed by atoms with Crippen LogP contribution in [-0.2, 0) is 25.8 Å². The second-order valence-electron chi connectivity index (χ2n) is 3.77. The predicted octanol–water partition coefficient (Wildman–Crippen LogP) is 0.709. The third-order valence-corrected chi connectivity index (χ3v) is 3.62. The molecule has 0 heterocycles. The van der Waals surface area contributed by atoms with Crippen LogP contribution in [0.1, 0.15) is 11.1 Å². The lowest BCUT2D eigenvalue weighted by atomic mass is 10.1. The van der Waals surface area contributed by atoms with E-state index in [1.165, 1.54) is 4.89 Å². The Morgan fingerprint density at radius 2 is 2.00 bits per heavy atom. The van der Waals surface area contributed by atoms with Crippen molar-refractivity contribution in [2.75, 3.05) is 6.61 Å². The van der Waals surface area contributed by atoms with E-state index < -0.39 is 44.7 Å². The number of carbonyl (C=O) groups excluding carboxylic acids is 1. The van der Waals surface area contributed by atoms with Gasteiger partial charge in [-0.05, 0) is 24.6 Å². The Morgan fingerprint density at radius 3 is 2.50 bits per heavy atom. The second kappa shape index (κ2) is 5.77. The summed E-state index contributed by atoms with van der Waals surface area (Å²) in [5.74, 6) is -0.937. The maximum Gasteiger partial charge on any atom is 0.416 e. The minimum atomic E-state index is -4.68. The Kier molecular flexibility index (Phi) is 4.73. The lowest BCUT2D eigenvalue weighted by Crippen LogP contribution is -2.30. The highest BCUT2D eigenvalue weighted by Gasteiger charge is 2.34. The van der Waals surface area contributed by atoms with Gasteiger partial charge in [0.2, 0.25) is 5.91 Å². The van der Waals surface area contributed by atoms with Gasteiger partial charge in [0.1, 0.15) is 6.61 Å². The normalized spacial score (nSPS) is 12.4. The molecule has 0 saturated carbocycles. The molecule has 0 aliphatic heterocycles. The van der Waals surface area contributed by atoms with Gasteiger partial charge in [-0.15, -0.1) is 0 Å². The Balaban J connectivity index is 3.11. The van der Waals surface area contributed by atoms with Crippen molar-refractivity contribution in [3.8, 4) is 0 Å². The molecule has 0 aliphatic rings. The van der Waals surface area contributed by atoms with Crippen molar-refractivity contribution in [1.29, 1.82) is 0 Å². The van der Waals surface area contributed by atoms with Crippen molar-refractivity contribution < 1.29 is 31.2 Å². The van der Waals surface area contributed by atoms with Crippen molar-refractivity contribution in [1.82, 2.24) is 4.89 Å². The smallest absolute Gasteiger partial charge is 0.368 e. The van der Waals surface area contributed by atoms with Crippen molar-refractivity contribution in [3.05, 3.63) is 29.3 Å². The van der Waals surface area contributed by atoms with Crippen molar-refractivity contribution in [3.63, 3.8) is 0 Å². The van der Waals surface area contributed by atoms with Crippen LogP contribution >= 0.6 is 0 Å². The first-order chi connectivity index (χ1) is 9.05. The van der Waals surface area contributed by atoms with E-state index in [9.17, 15) is 26.4 Å². The molecule has 1 aromatic carbocycles. The lowest BCUT2D eigenvalue weighted by molar-refractivity contribution is -0.138. The molecule has 20 heavy (non-hydrogen) atoms. The summed E-state index contributed by atoms with van der Waals surface area (Å²) in [6.45, 7) is 0.280. The van der Waals surface area contributed by atoms with Crippen LogP contribution in [0.15, 0.2) is 23.1 Å². The van der Waals surface area contributed by atoms with Crippen LogP contribution in [-0.4, -0.2) is 20.9 Å². The summed E-state index contributed by atoms with van der Waals surface area (Å²) in [5.41, 5.74) is 3.17. The zero-order valence-electron chi connectivity index (χ0n) is 10.2. The Labute approximate surface area is 112 Å². The molecule has 1 aromatic rings. The van der Waals surface area contributed by atoms with E-state index in [1.807, 2.05) is 0 Å². The highest BCUT2D eigenvalue weighted by Crippen LogP contribution is 2.33. The van der Waals surface area contributed by atoms with Crippen LogP contribution in [0.4, 0.5) is 13.2 Å². The van der Waals surface area contributed by atoms with Gasteiger partial charge in [-0.1, -0.05) is 11.0 Å². The second-order valence-corrected chi connectivity index (χ2v) is 5.38. The number of amides is 1. The topological polar surface area (TPSA) is 98.5 Å². The van der Waals surface area contributed by atoms with E-state index in [4.69, 9.17) is 5.73 Å². The summed E-state index contributed by atoms with van der Waals surface area (Å²) in [6.07, 6.45) is -4.68. The number of benzene rings is 1. The predicted molar refractivity (Wildman–Crippen MR) is 61.6 cm³/mol. The number of primary amides is 1. The fraction of sp³-hybridized carbons (Fsp3) is 0.300. The molecule has 0 aliphatic carbocycles. The molecule has 0 radical (unpaired) electrons. The molecular weight excluding hydrogens is 301 g/mol. The first-order valence-corrected chi connectivity index (χ1v) is 6.62. The molecule has 1 amide bonds. The minimum Gasteiger partial charge on any atom is -0.368 e. The van der Waals surface area contributed by atoms with E-state index in [0.717, 1.165) is 25.1 Å². The van der Waals surface area contributed by atoms with Crippen LogP contribution < -0.4 is 10.6 Å². The Bertz CT molecular complexity index is 613. The molecule has 112 valence electrons. The summed E-state index contributed by atoms with van der Waals surface area (Å²) >= 11 is 0. The molecule has 6 nitrogen and oxygen atoms in total. The molecule has 1 rings (SSSR count). The van der Waals surface area contributed by atoms with Gasteiger partial charge >= 0.3 is 6.18 Å². The maximum absolute atomic E-state index is 12.7. The first kappa shape index (κ1) is 16.4. The Hall–Kier alpha value is -1.65. The van der Waals surface area contributed by atoms with E-state index >= 15 is 0 Å². The van der Waals surface area contributed by atoms with Gasteiger partial charge in [0, 0.05) is 0 Å². The van der Waals surface area contributed by atoms with Gasteiger partial charge in [0.25, 0.3) is 10.0 Å². The molecule has 0 atom stereocenters. The standard InChI is InChI=1S/C10H11F3N2O4S/c1-6-7(10(11,12)13)3-2-4-8(6)20(17,18)15-19-5-9(14)16/h2-4,15H,5H2,1H3,(H2,14,16). The average Bonchev–Trinajstić information content (AvgIpc) is 2.26. The highest BCUT2D eigenvalue weighted by molar-refractivity contribution is 7.89. The van der Waals surface area contributed by atoms with Gasteiger partial charge in [-0.3, -0.25) is 9.63 Å². The minimum absolute atomic E-state index is 0.477. The summed E-state index contributed by atoms with van der Waals surface area (Å²) in [6, 6.07) is 2.71. The average molecular weight is 312 g/mol. The van der Waals surface area contributed by atoms with E-state index in [2.05, 4.69) is 4.84 Å². The third kappa shape index (κ3) is 3.92. The molecule has 0 fully saturated rings. The van der Waals surface area contributed by atoms with Crippen molar-refractivity contribution in [2.24, 2.45) is 5.73 Å². The van der Waals surface area contributed by atoms with Crippen LogP contribution in [0.5, 0.6) is 0 Å². The zero-order chi connectivity index (χ0) is 15.6. The number of hydrogen-bond acceptors (Lipinski definition) is 4. The largest absolute Gasteiger partial charge is 0.416 e. The van der Waals surface area contributed by atoms with Crippen molar-refractivity contribution >= 4 is 15.9 Å². The molecule has 10 heteroatoms. The monoisotopic (exact) mass is 312 g/mol.